The average molecular weight is 236 g/mol. The van der Waals surface area contributed by atoms with Gasteiger partial charge in [0.15, 0.2) is 0 Å². The topological polar surface area (TPSA) is 49.8 Å². The third-order valence-electron chi connectivity index (χ3n) is 2.69. The molecule has 0 aliphatic carbocycles. The molecule has 0 fully saturated rings. The maximum Gasteiger partial charge on any atom is 0.132 e. The van der Waals surface area contributed by atoms with Gasteiger partial charge in [0.2, 0.25) is 0 Å². The molecule has 0 aliphatic heterocycles. The Labute approximate surface area is 104 Å². The fourth-order valence-electron chi connectivity index (χ4n) is 1.88. The summed E-state index contributed by atoms with van der Waals surface area (Å²) in [6, 6.07) is 1.95. The van der Waals surface area contributed by atoms with E-state index in [2.05, 4.69) is 48.3 Å². The van der Waals surface area contributed by atoms with E-state index in [9.17, 15) is 0 Å². The predicted molar refractivity (Wildman–Crippen MR) is 73.6 cm³/mol. The number of hydrogen-bond acceptors (Lipinski definition) is 4. The van der Waals surface area contributed by atoms with Gasteiger partial charge < -0.3 is 10.6 Å². The van der Waals surface area contributed by atoms with Gasteiger partial charge in [-0.1, -0.05) is 20.3 Å². The highest BCUT2D eigenvalue weighted by atomic mass is 15.1. The molecule has 2 N–H and O–H groups in total. The summed E-state index contributed by atoms with van der Waals surface area (Å²) < 4.78 is 0. The molecule has 96 valence electrons. The van der Waals surface area contributed by atoms with Crippen molar-refractivity contribution in [2.75, 3.05) is 17.7 Å². The Morgan fingerprint density at radius 3 is 2.35 bits per heavy atom. The van der Waals surface area contributed by atoms with Crippen LogP contribution in [0.1, 0.15) is 46.4 Å². The smallest absolute Gasteiger partial charge is 0.132 e. The number of rotatable bonds is 6. The summed E-state index contributed by atoms with van der Waals surface area (Å²) in [6.07, 6.45) is 3.12. The molecule has 4 nitrogen and oxygen atoms in total. The van der Waals surface area contributed by atoms with Gasteiger partial charge in [0, 0.05) is 25.1 Å². The molecule has 0 atom stereocenters. The monoisotopic (exact) mass is 236 g/mol. The number of aryl methyl sites for hydroxylation is 1. The number of aromatic nitrogens is 2. The molecule has 0 spiro atoms. The van der Waals surface area contributed by atoms with E-state index in [1.165, 1.54) is 0 Å². The largest absolute Gasteiger partial charge is 0.373 e. The van der Waals surface area contributed by atoms with Crippen molar-refractivity contribution in [1.29, 1.82) is 0 Å². The second kappa shape index (κ2) is 5.84. The minimum Gasteiger partial charge on any atom is -0.373 e. The molecule has 0 aliphatic rings. The zero-order chi connectivity index (χ0) is 12.9. The van der Waals surface area contributed by atoms with Gasteiger partial charge in [-0.05, 0) is 20.3 Å². The molecule has 0 radical (unpaired) electrons. The molecule has 0 bridgehead atoms. The van der Waals surface area contributed by atoms with Crippen molar-refractivity contribution in [3.63, 3.8) is 0 Å². The Morgan fingerprint density at radius 1 is 1.18 bits per heavy atom. The van der Waals surface area contributed by atoms with Gasteiger partial charge in [-0.25, -0.2) is 9.97 Å². The Balaban J connectivity index is 2.89. The highest BCUT2D eigenvalue weighted by molar-refractivity contribution is 5.48. The fraction of sp³-hybridized carbons (Fsp3) is 0.692. The summed E-state index contributed by atoms with van der Waals surface area (Å²) in [5.74, 6) is 2.64. The van der Waals surface area contributed by atoms with Crippen LogP contribution in [0.5, 0.6) is 0 Å². The van der Waals surface area contributed by atoms with Gasteiger partial charge in [-0.3, -0.25) is 0 Å². The Bertz CT molecular complexity index is 338. The van der Waals surface area contributed by atoms with Crippen LogP contribution in [-0.4, -0.2) is 22.6 Å². The van der Waals surface area contributed by atoms with Crippen molar-refractivity contribution in [3.05, 3.63) is 11.9 Å². The highest BCUT2D eigenvalue weighted by Crippen LogP contribution is 2.20. The summed E-state index contributed by atoms with van der Waals surface area (Å²) in [5.41, 5.74) is 0.0686. The van der Waals surface area contributed by atoms with E-state index < -0.39 is 0 Å². The quantitative estimate of drug-likeness (QED) is 0.797. The Hall–Kier alpha value is -1.32. The van der Waals surface area contributed by atoms with Gasteiger partial charge in [0.25, 0.3) is 0 Å². The van der Waals surface area contributed by atoms with E-state index in [0.717, 1.165) is 36.7 Å². The third-order valence-corrected chi connectivity index (χ3v) is 2.69. The van der Waals surface area contributed by atoms with Gasteiger partial charge in [-0.15, -0.1) is 0 Å². The maximum atomic E-state index is 4.51. The number of anilines is 2. The standard InChI is InChI=1S/C13H24N4/c1-6-8-13(3,4)17-12-9-11(14-5)15-10(7-2)16-12/h9H,6-8H2,1-5H3,(H2,14,15,16,17). The van der Waals surface area contributed by atoms with E-state index in [1.807, 2.05) is 13.1 Å². The minimum absolute atomic E-state index is 0.0686. The van der Waals surface area contributed by atoms with Crippen LogP contribution in [-0.2, 0) is 6.42 Å². The molecule has 4 heteroatoms. The van der Waals surface area contributed by atoms with E-state index in [-0.39, 0.29) is 5.54 Å². The first kappa shape index (κ1) is 13.7. The minimum atomic E-state index is 0.0686. The SMILES string of the molecule is CCCC(C)(C)Nc1cc(NC)nc(CC)n1. The first-order chi connectivity index (χ1) is 8.00. The summed E-state index contributed by atoms with van der Waals surface area (Å²) in [6.45, 7) is 8.65. The van der Waals surface area contributed by atoms with Gasteiger partial charge in [0.1, 0.15) is 17.5 Å². The van der Waals surface area contributed by atoms with Crippen LogP contribution < -0.4 is 10.6 Å². The van der Waals surface area contributed by atoms with Gasteiger partial charge in [0.05, 0.1) is 0 Å². The molecule has 0 aromatic carbocycles. The second-order valence-corrected chi connectivity index (χ2v) is 4.92. The first-order valence-corrected chi connectivity index (χ1v) is 6.34. The molecule has 1 aromatic heterocycles. The first-order valence-electron chi connectivity index (χ1n) is 6.34. The Kier molecular flexibility index (Phi) is 4.73. The molecular weight excluding hydrogens is 212 g/mol. The van der Waals surface area contributed by atoms with Crippen LogP contribution in [0.4, 0.5) is 11.6 Å². The third kappa shape index (κ3) is 4.21. The van der Waals surface area contributed by atoms with E-state index in [1.54, 1.807) is 0 Å². The van der Waals surface area contributed by atoms with E-state index in [0.29, 0.717) is 0 Å². The van der Waals surface area contributed by atoms with Gasteiger partial charge >= 0.3 is 0 Å². The molecule has 0 unspecified atom stereocenters. The van der Waals surface area contributed by atoms with Crippen molar-refractivity contribution < 1.29 is 0 Å². The van der Waals surface area contributed by atoms with Crippen molar-refractivity contribution in [2.45, 2.75) is 52.5 Å². The predicted octanol–water partition coefficient (Wildman–Crippen LogP) is 3.07. The lowest BCUT2D eigenvalue weighted by Crippen LogP contribution is -2.31. The summed E-state index contributed by atoms with van der Waals surface area (Å²) in [5, 5.41) is 6.55. The maximum absolute atomic E-state index is 4.51. The lowest BCUT2D eigenvalue weighted by Gasteiger charge is -2.26. The molecule has 1 aromatic rings. The fourth-order valence-corrected chi connectivity index (χ4v) is 1.88. The summed E-state index contributed by atoms with van der Waals surface area (Å²) in [7, 11) is 1.88. The molecular formula is C13H24N4. The summed E-state index contributed by atoms with van der Waals surface area (Å²) in [4.78, 5) is 8.89. The number of hydrogen-bond donors (Lipinski definition) is 2. The molecule has 0 saturated carbocycles. The van der Waals surface area contributed by atoms with Crippen molar-refractivity contribution in [1.82, 2.24) is 9.97 Å². The van der Waals surface area contributed by atoms with Crippen molar-refractivity contribution in [3.8, 4) is 0 Å². The number of nitrogens with one attached hydrogen (secondary N) is 2. The number of nitrogens with zero attached hydrogens (tertiary/aromatic N) is 2. The molecule has 1 rings (SSSR count). The molecule has 17 heavy (non-hydrogen) atoms. The highest BCUT2D eigenvalue weighted by Gasteiger charge is 2.17. The van der Waals surface area contributed by atoms with Crippen LogP contribution in [0.2, 0.25) is 0 Å². The lowest BCUT2D eigenvalue weighted by molar-refractivity contribution is 0.508. The van der Waals surface area contributed by atoms with Crippen LogP contribution in [0.15, 0.2) is 6.07 Å². The van der Waals surface area contributed by atoms with E-state index >= 15 is 0 Å². The molecule has 1 heterocycles. The summed E-state index contributed by atoms with van der Waals surface area (Å²) >= 11 is 0. The zero-order valence-corrected chi connectivity index (χ0v) is 11.6. The van der Waals surface area contributed by atoms with Crippen LogP contribution in [0, 0.1) is 0 Å². The van der Waals surface area contributed by atoms with E-state index in [4.69, 9.17) is 0 Å². The average Bonchev–Trinajstić information content (AvgIpc) is 2.27. The second-order valence-electron chi connectivity index (χ2n) is 4.92. The zero-order valence-electron chi connectivity index (χ0n) is 11.6. The molecule has 0 saturated heterocycles. The lowest BCUT2D eigenvalue weighted by atomic mass is 9.99. The van der Waals surface area contributed by atoms with Crippen LogP contribution >= 0.6 is 0 Å². The van der Waals surface area contributed by atoms with Crippen molar-refractivity contribution >= 4 is 11.6 Å². The van der Waals surface area contributed by atoms with Crippen LogP contribution in [0.25, 0.3) is 0 Å². The van der Waals surface area contributed by atoms with Crippen molar-refractivity contribution in [2.24, 2.45) is 0 Å². The Morgan fingerprint density at radius 2 is 1.82 bits per heavy atom. The van der Waals surface area contributed by atoms with Gasteiger partial charge in [-0.2, -0.15) is 0 Å². The normalized spacial score (nSPS) is 11.4. The molecule has 0 amide bonds. The van der Waals surface area contributed by atoms with Crippen LogP contribution in [0.3, 0.4) is 0 Å².